The van der Waals surface area contributed by atoms with Crippen molar-refractivity contribution in [3.05, 3.63) is 39.8 Å². The van der Waals surface area contributed by atoms with Gasteiger partial charge in [0.1, 0.15) is 0 Å². The van der Waals surface area contributed by atoms with Crippen LogP contribution in [0.5, 0.6) is 0 Å². The van der Waals surface area contributed by atoms with Crippen LogP contribution >= 0.6 is 0 Å². The van der Waals surface area contributed by atoms with E-state index in [0.717, 1.165) is 12.0 Å². The van der Waals surface area contributed by atoms with E-state index in [0.29, 0.717) is 12.0 Å². The molecule has 0 unspecified atom stereocenters. The highest BCUT2D eigenvalue weighted by atomic mass is 32.2. The Balaban J connectivity index is 3.46. The molecule has 0 radical (unpaired) electrons. The molecule has 86 valence electrons. The summed E-state index contributed by atoms with van der Waals surface area (Å²) < 4.78 is 26.2. The zero-order valence-corrected chi connectivity index (χ0v) is 10.0. The molecule has 0 spiro atoms. The van der Waals surface area contributed by atoms with Gasteiger partial charge in [-0.15, -0.1) is 0 Å². The summed E-state index contributed by atoms with van der Waals surface area (Å²) in [4.78, 5) is 2.47. The van der Waals surface area contributed by atoms with Crippen molar-refractivity contribution in [2.45, 2.75) is 31.6 Å². The third-order valence-electron chi connectivity index (χ3n) is 2.34. The minimum Gasteiger partial charge on any atom is -0.216 e. The third-order valence-corrected chi connectivity index (χ3v) is 3.57. The molecule has 0 atom stereocenters. The number of nitrogens with zero attached hydrogens (tertiary/aromatic N) is 3. The van der Waals surface area contributed by atoms with E-state index in [9.17, 15) is 8.42 Å². The Labute approximate surface area is 94.8 Å². The van der Waals surface area contributed by atoms with Gasteiger partial charge in [0.25, 0.3) is 10.0 Å². The van der Waals surface area contributed by atoms with Gasteiger partial charge in [0.05, 0.1) is 4.90 Å². The average Bonchev–Trinajstić information content (AvgIpc) is 2.28. The number of aryl methyl sites for hydroxylation is 2. The fraction of sp³-hybridized carbons (Fsp3) is 0.400. The van der Waals surface area contributed by atoms with Gasteiger partial charge < -0.3 is 0 Å². The van der Waals surface area contributed by atoms with Crippen LogP contribution < -0.4 is 0 Å². The van der Waals surface area contributed by atoms with Crippen molar-refractivity contribution in [1.29, 1.82) is 0 Å². The number of benzene rings is 1. The van der Waals surface area contributed by atoms with Crippen molar-refractivity contribution in [1.82, 2.24) is 0 Å². The first-order chi connectivity index (χ1) is 7.55. The highest BCUT2D eigenvalue weighted by Crippen LogP contribution is 2.21. The van der Waals surface area contributed by atoms with E-state index < -0.39 is 10.0 Å². The van der Waals surface area contributed by atoms with Crippen LogP contribution in [0.4, 0.5) is 0 Å². The maximum Gasteiger partial charge on any atom is 0.264 e. The van der Waals surface area contributed by atoms with Gasteiger partial charge in [-0.1, -0.05) is 26.0 Å². The first kappa shape index (κ1) is 12.5. The Kier molecular flexibility index (Phi) is 3.93. The van der Waals surface area contributed by atoms with Gasteiger partial charge in [-0.3, -0.25) is 0 Å². The SMILES string of the molecule is CCc1ccc(CC)c(S(=O)(=O)N=[N+]=[N-])c1. The van der Waals surface area contributed by atoms with Crippen molar-refractivity contribution >= 4 is 10.0 Å². The molecular weight excluding hydrogens is 226 g/mol. The molecule has 0 aliphatic carbocycles. The summed E-state index contributed by atoms with van der Waals surface area (Å²) in [6, 6.07) is 5.22. The van der Waals surface area contributed by atoms with E-state index >= 15 is 0 Å². The number of sulfonamides is 1. The Hall–Kier alpha value is -1.52. The molecule has 0 aliphatic heterocycles. The lowest BCUT2D eigenvalue weighted by Crippen LogP contribution is -2.01. The van der Waals surface area contributed by atoms with E-state index in [1.807, 2.05) is 19.9 Å². The molecule has 0 aromatic heterocycles. The van der Waals surface area contributed by atoms with Gasteiger partial charge in [-0.25, -0.2) is 8.42 Å². The number of hydrogen-bond donors (Lipinski definition) is 0. The van der Waals surface area contributed by atoms with Crippen LogP contribution in [0.1, 0.15) is 25.0 Å². The van der Waals surface area contributed by atoms with Crippen molar-refractivity contribution in [2.75, 3.05) is 0 Å². The van der Waals surface area contributed by atoms with Crippen molar-refractivity contribution in [3.63, 3.8) is 0 Å². The second-order valence-electron chi connectivity index (χ2n) is 3.30. The first-order valence-corrected chi connectivity index (χ1v) is 6.42. The number of hydrogen-bond acceptors (Lipinski definition) is 2. The summed E-state index contributed by atoms with van der Waals surface area (Å²) in [5.74, 6) is 0. The van der Waals surface area contributed by atoms with Gasteiger partial charge in [0.2, 0.25) is 0 Å². The van der Waals surface area contributed by atoms with Crippen LogP contribution in [0.15, 0.2) is 27.6 Å². The maximum atomic E-state index is 11.7. The Morgan fingerprint density at radius 3 is 2.50 bits per heavy atom. The number of azide groups is 1. The largest absolute Gasteiger partial charge is 0.264 e. The van der Waals surface area contributed by atoms with Crippen LogP contribution in [0, 0.1) is 0 Å². The standard InChI is InChI=1S/C10H13N3O2S/c1-3-8-5-6-9(4-2)10(7-8)16(14,15)13-12-11/h5-7H,3-4H2,1-2H3. The van der Waals surface area contributed by atoms with E-state index in [-0.39, 0.29) is 4.90 Å². The summed E-state index contributed by atoms with van der Waals surface area (Å²) in [6.07, 6.45) is 1.32. The smallest absolute Gasteiger partial charge is 0.216 e. The zero-order valence-electron chi connectivity index (χ0n) is 9.21. The quantitative estimate of drug-likeness (QED) is 0.459. The summed E-state index contributed by atoms with van der Waals surface area (Å²) in [5, 5.41) is 0. The molecule has 16 heavy (non-hydrogen) atoms. The van der Waals surface area contributed by atoms with E-state index in [1.54, 1.807) is 12.1 Å². The van der Waals surface area contributed by atoms with Crippen LogP contribution in [-0.2, 0) is 22.9 Å². The normalized spacial score (nSPS) is 10.9. The van der Waals surface area contributed by atoms with Crippen molar-refractivity contribution < 1.29 is 8.42 Å². The van der Waals surface area contributed by atoms with Gasteiger partial charge in [-0.2, -0.15) is 0 Å². The lowest BCUT2D eigenvalue weighted by molar-refractivity contribution is 0.596. The van der Waals surface area contributed by atoms with Crippen LogP contribution in [0.3, 0.4) is 0 Å². The van der Waals surface area contributed by atoms with Gasteiger partial charge >= 0.3 is 0 Å². The summed E-state index contributed by atoms with van der Waals surface area (Å²) in [7, 11) is -3.88. The van der Waals surface area contributed by atoms with Crippen molar-refractivity contribution in [3.8, 4) is 0 Å². The molecule has 0 bridgehead atoms. The molecule has 6 heteroatoms. The van der Waals surface area contributed by atoms with Gasteiger partial charge in [0, 0.05) is 9.43 Å². The fourth-order valence-electron chi connectivity index (χ4n) is 1.44. The molecule has 1 aromatic rings. The predicted molar refractivity (Wildman–Crippen MR) is 61.5 cm³/mol. The minimum atomic E-state index is -3.88. The monoisotopic (exact) mass is 239 g/mol. The molecule has 1 rings (SSSR count). The van der Waals surface area contributed by atoms with Crippen LogP contribution in [-0.4, -0.2) is 8.42 Å². The molecule has 0 aliphatic rings. The Morgan fingerprint density at radius 1 is 1.31 bits per heavy atom. The lowest BCUT2D eigenvalue weighted by Gasteiger charge is -2.07. The lowest BCUT2D eigenvalue weighted by atomic mass is 10.1. The molecule has 5 nitrogen and oxygen atoms in total. The Bertz CT molecular complexity index is 531. The van der Waals surface area contributed by atoms with Crippen molar-refractivity contribution in [2.24, 2.45) is 4.52 Å². The highest BCUT2D eigenvalue weighted by molar-refractivity contribution is 7.90. The minimum absolute atomic E-state index is 0.118. The predicted octanol–water partition coefficient (Wildman–Crippen LogP) is 2.81. The van der Waals surface area contributed by atoms with Crippen LogP contribution in [0.2, 0.25) is 0 Å². The maximum absolute atomic E-state index is 11.7. The highest BCUT2D eigenvalue weighted by Gasteiger charge is 2.16. The topological polar surface area (TPSA) is 82.9 Å². The molecule has 0 saturated carbocycles. The molecule has 0 fully saturated rings. The van der Waals surface area contributed by atoms with Gasteiger partial charge in [-0.05, 0) is 35.6 Å². The summed E-state index contributed by atoms with van der Waals surface area (Å²) in [6.45, 7) is 3.79. The van der Waals surface area contributed by atoms with Gasteiger partial charge in [0.15, 0.2) is 0 Å². The van der Waals surface area contributed by atoms with E-state index in [4.69, 9.17) is 5.53 Å². The van der Waals surface area contributed by atoms with E-state index in [1.165, 1.54) is 0 Å². The molecule has 0 N–H and O–H groups in total. The molecule has 1 aromatic carbocycles. The molecule has 0 amide bonds. The molecule has 0 saturated heterocycles. The fourth-order valence-corrected chi connectivity index (χ4v) is 2.47. The molecular formula is C10H13N3O2S. The third kappa shape index (κ3) is 2.53. The Morgan fingerprint density at radius 2 is 2.00 bits per heavy atom. The average molecular weight is 239 g/mol. The summed E-state index contributed by atoms with van der Waals surface area (Å²) in [5.41, 5.74) is 9.81. The van der Waals surface area contributed by atoms with Crippen LogP contribution in [0.25, 0.3) is 10.4 Å². The second kappa shape index (κ2) is 5.01. The first-order valence-electron chi connectivity index (χ1n) is 4.98. The summed E-state index contributed by atoms with van der Waals surface area (Å²) >= 11 is 0. The second-order valence-corrected chi connectivity index (χ2v) is 4.85. The van der Waals surface area contributed by atoms with E-state index in [2.05, 4.69) is 9.43 Å². The molecule has 0 heterocycles. The zero-order chi connectivity index (χ0) is 12.2. The number of rotatable bonds is 4.